The number of thiophene rings is 1. The number of esters is 1. The van der Waals surface area contributed by atoms with E-state index in [1.807, 2.05) is 20.8 Å². The van der Waals surface area contributed by atoms with E-state index in [0.29, 0.717) is 10.1 Å². The molecule has 5 nitrogen and oxygen atoms in total. The second-order valence-electron chi connectivity index (χ2n) is 7.32. The van der Waals surface area contributed by atoms with Crippen LogP contribution in [0.1, 0.15) is 36.0 Å². The zero-order valence-electron chi connectivity index (χ0n) is 15.9. The Hall–Kier alpha value is -2.45. The maximum absolute atomic E-state index is 13.7. The van der Waals surface area contributed by atoms with Gasteiger partial charge in [0.1, 0.15) is 10.7 Å². The van der Waals surface area contributed by atoms with Crippen LogP contribution in [0.25, 0.3) is 10.1 Å². The first kappa shape index (κ1) is 20.3. The lowest BCUT2D eigenvalue weighted by Crippen LogP contribution is -2.16. The Balaban J connectivity index is 2.08. The summed E-state index contributed by atoms with van der Waals surface area (Å²) in [6.07, 6.45) is 0. The molecule has 0 amide bonds. The summed E-state index contributed by atoms with van der Waals surface area (Å²) in [5, 5.41) is 0.306. The largest absolute Gasteiger partial charge is 0.465 e. The standard InChI is InChI=1S/C20H20FNO4S2/c1-20(2,3)12-5-8-14(9-6-12)28(24,25)22-17-15-11-13(21)7-10-16(15)27-18(17)19(23)26-4/h5-11,22H,1-4H3. The van der Waals surface area contributed by atoms with E-state index in [1.54, 1.807) is 12.1 Å². The van der Waals surface area contributed by atoms with E-state index in [0.717, 1.165) is 16.9 Å². The third kappa shape index (κ3) is 3.88. The smallest absolute Gasteiger partial charge is 0.350 e. The number of nitrogens with one attached hydrogen (secondary N) is 1. The van der Waals surface area contributed by atoms with Crippen molar-refractivity contribution in [1.29, 1.82) is 0 Å². The van der Waals surface area contributed by atoms with Crippen molar-refractivity contribution in [3.05, 3.63) is 58.7 Å². The van der Waals surface area contributed by atoms with Crippen molar-refractivity contribution in [2.75, 3.05) is 11.8 Å². The van der Waals surface area contributed by atoms with Crippen molar-refractivity contribution in [2.45, 2.75) is 31.1 Å². The molecular formula is C20H20FNO4S2. The van der Waals surface area contributed by atoms with Gasteiger partial charge in [0.05, 0.1) is 17.7 Å². The summed E-state index contributed by atoms with van der Waals surface area (Å²) in [4.78, 5) is 12.2. The summed E-state index contributed by atoms with van der Waals surface area (Å²) in [6, 6.07) is 10.5. The van der Waals surface area contributed by atoms with Gasteiger partial charge in [-0.05, 0) is 41.3 Å². The molecule has 2 aromatic carbocycles. The molecule has 0 fully saturated rings. The number of anilines is 1. The van der Waals surface area contributed by atoms with E-state index in [9.17, 15) is 17.6 Å². The van der Waals surface area contributed by atoms with Crippen LogP contribution in [0.2, 0.25) is 0 Å². The molecule has 3 rings (SSSR count). The third-order valence-corrected chi connectivity index (χ3v) is 6.80. The van der Waals surface area contributed by atoms with Crippen molar-refractivity contribution in [3.63, 3.8) is 0 Å². The number of halogens is 1. The van der Waals surface area contributed by atoms with Crippen LogP contribution in [0.3, 0.4) is 0 Å². The van der Waals surface area contributed by atoms with Gasteiger partial charge in [-0.1, -0.05) is 32.9 Å². The van der Waals surface area contributed by atoms with Crippen LogP contribution in [0.4, 0.5) is 10.1 Å². The Morgan fingerprint density at radius 1 is 1.11 bits per heavy atom. The molecule has 0 spiro atoms. The molecule has 3 aromatic rings. The van der Waals surface area contributed by atoms with Crippen LogP contribution in [0, 0.1) is 5.82 Å². The van der Waals surface area contributed by atoms with E-state index >= 15 is 0 Å². The Kier molecular flexibility index (Phi) is 5.20. The molecule has 0 aliphatic rings. The highest BCUT2D eigenvalue weighted by atomic mass is 32.2. The number of methoxy groups -OCH3 is 1. The van der Waals surface area contributed by atoms with Gasteiger partial charge in [-0.3, -0.25) is 4.72 Å². The summed E-state index contributed by atoms with van der Waals surface area (Å²) in [5.74, 6) is -1.22. The van der Waals surface area contributed by atoms with E-state index in [1.165, 1.54) is 37.4 Å². The van der Waals surface area contributed by atoms with Gasteiger partial charge in [0.25, 0.3) is 10.0 Å². The third-order valence-electron chi connectivity index (χ3n) is 4.29. The van der Waals surface area contributed by atoms with E-state index in [-0.39, 0.29) is 20.9 Å². The van der Waals surface area contributed by atoms with Gasteiger partial charge in [-0.25, -0.2) is 17.6 Å². The van der Waals surface area contributed by atoms with Gasteiger partial charge >= 0.3 is 5.97 Å². The number of carbonyl (C=O) groups is 1. The van der Waals surface area contributed by atoms with Crippen LogP contribution in [0.5, 0.6) is 0 Å². The quantitative estimate of drug-likeness (QED) is 0.607. The molecule has 148 valence electrons. The minimum atomic E-state index is -3.99. The maximum atomic E-state index is 13.7. The van der Waals surface area contributed by atoms with Crippen LogP contribution >= 0.6 is 11.3 Å². The molecule has 0 aliphatic heterocycles. The molecule has 28 heavy (non-hydrogen) atoms. The van der Waals surface area contributed by atoms with Crippen LogP contribution in [-0.4, -0.2) is 21.5 Å². The maximum Gasteiger partial charge on any atom is 0.350 e. The summed E-state index contributed by atoms with van der Waals surface area (Å²) < 4.78 is 47.3. The molecule has 0 bridgehead atoms. The van der Waals surface area contributed by atoms with Crippen LogP contribution < -0.4 is 4.72 Å². The lowest BCUT2D eigenvalue weighted by Gasteiger charge is -2.19. The summed E-state index contributed by atoms with van der Waals surface area (Å²) in [7, 11) is -2.78. The molecular weight excluding hydrogens is 401 g/mol. The number of sulfonamides is 1. The van der Waals surface area contributed by atoms with Crippen molar-refractivity contribution in [1.82, 2.24) is 0 Å². The Morgan fingerprint density at radius 3 is 2.32 bits per heavy atom. The van der Waals surface area contributed by atoms with Crippen LogP contribution in [-0.2, 0) is 20.2 Å². The average molecular weight is 422 g/mol. The van der Waals surface area contributed by atoms with Crippen molar-refractivity contribution < 1.29 is 22.3 Å². The molecule has 0 aliphatic carbocycles. The molecule has 0 unspecified atom stereocenters. The van der Waals surface area contributed by atoms with Gasteiger partial charge in [-0.2, -0.15) is 0 Å². The Morgan fingerprint density at radius 2 is 1.75 bits per heavy atom. The Labute approximate surface area is 167 Å². The topological polar surface area (TPSA) is 72.5 Å². The fraction of sp³-hybridized carbons (Fsp3) is 0.250. The number of ether oxygens (including phenoxy) is 1. The fourth-order valence-electron chi connectivity index (χ4n) is 2.74. The van der Waals surface area contributed by atoms with Crippen molar-refractivity contribution >= 4 is 43.1 Å². The van der Waals surface area contributed by atoms with E-state index in [4.69, 9.17) is 4.74 Å². The Bertz CT molecular complexity index is 1140. The zero-order valence-corrected chi connectivity index (χ0v) is 17.5. The van der Waals surface area contributed by atoms with Crippen molar-refractivity contribution in [3.8, 4) is 0 Å². The number of carbonyl (C=O) groups excluding carboxylic acids is 1. The normalized spacial score (nSPS) is 12.2. The molecule has 1 N–H and O–H groups in total. The summed E-state index contributed by atoms with van der Waals surface area (Å²) >= 11 is 1.04. The minimum absolute atomic E-state index is 0.0197. The molecule has 0 radical (unpaired) electrons. The first-order valence-corrected chi connectivity index (χ1v) is 10.8. The highest BCUT2D eigenvalue weighted by Gasteiger charge is 2.25. The molecule has 8 heteroatoms. The number of hydrogen-bond acceptors (Lipinski definition) is 5. The predicted molar refractivity (Wildman–Crippen MR) is 109 cm³/mol. The second-order valence-corrected chi connectivity index (χ2v) is 10.1. The number of benzene rings is 2. The number of fused-ring (bicyclic) bond motifs is 1. The monoisotopic (exact) mass is 421 g/mol. The molecule has 1 heterocycles. The molecule has 0 atom stereocenters. The van der Waals surface area contributed by atoms with Gasteiger partial charge < -0.3 is 4.74 Å². The first-order chi connectivity index (χ1) is 13.0. The van der Waals surface area contributed by atoms with Crippen molar-refractivity contribution in [2.24, 2.45) is 0 Å². The van der Waals surface area contributed by atoms with E-state index in [2.05, 4.69) is 4.72 Å². The molecule has 1 aromatic heterocycles. The summed E-state index contributed by atoms with van der Waals surface area (Å²) in [6.45, 7) is 6.09. The highest BCUT2D eigenvalue weighted by Crippen LogP contribution is 2.38. The van der Waals surface area contributed by atoms with Crippen LogP contribution in [0.15, 0.2) is 47.4 Å². The van der Waals surface area contributed by atoms with Gasteiger partial charge in [-0.15, -0.1) is 11.3 Å². The minimum Gasteiger partial charge on any atom is -0.465 e. The van der Waals surface area contributed by atoms with E-state index < -0.39 is 21.8 Å². The first-order valence-electron chi connectivity index (χ1n) is 8.46. The fourth-order valence-corrected chi connectivity index (χ4v) is 4.95. The second kappa shape index (κ2) is 7.18. The number of rotatable bonds is 4. The predicted octanol–water partition coefficient (Wildman–Crippen LogP) is 4.93. The molecule has 0 saturated carbocycles. The lowest BCUT2D eigenvalue weighted by molar-refractivity contribution is 0.0607. The highest BCUT2D eigenvalue weighted by molar-refractivity contribution is 7.92. The van der Waals surface area contributed by atoms with Gasteiger partial charge in [0, 0.05) is 10.1 Å². The SMILES string of the molecule is COC(=O)c1sc2ccc(F)cc2c1NS(=O)(=O)c1ccc(C(C)(C)C)cc1. The van der Waals surface area contributed by atoms with Gasteiger partial charge in [0.15, 0.2) is 0 Å². The summed E-state index contributed by atoms with van der Waals surface area (Å²) in [5.41, 5.74) is 0.894. The van der Waals surface area contributed by atoms with Gasteiger partial charge in [0.2, 0.25) is 0 Å². The molecule has 0 saturated heterocycles. The average Bonchev–Trinajstić information content (AvgIpc) is 2.97. The lowest BCUT2D eigenvalue weighted by atomic mass is 9.87. The number of hydrogen-bond donors (Lipinski definition) is 1. The zero-order chi connectivity index (χ0) is 20.7.